The van der Waals surface area contributed by atoms with E-state index in [9.17, 15) is 9.59 Å². The number of hydrogen-bond acceptors (Lipinski definition) is 4. The van der Waals surface area contributed by atoms with Crippen molar-refractivity contribution in [2.75, 3.05) is 20.1 Å². The minimum Gasteiger partial charge on any atom is -0.342 e. The molecule has 2 amide bonds. The molecular formula is C22H29N5O2. The number of pyridine rings is 1. The highest BCUT2D eigenvalue weighted by Gasteiger charge is 2.32. The smallest absolute Gasteiger partial charge is 0.227 e. The summed E-state index contributed by atoms with van der Waals surface area (Å²) in [4.78, 5) is 33.3. The predicted octanol–water partition coefficient (Wildman–Crippen LogP) is 2.12. The third-order valence-electron chi connectivity index (χ3n) is 6.12. The number of carbonyl (C=O) groups is 2. The molecule has 0 spiro atoms. The molecule has 0 saturated carbocycles. The van der Waals surface area contributed by atoms with E-state index in [2.05, 4.69) is 15.2 Å². The highest BCUT2D eigenvalue weighted by molar-refractivity contribution is 5.83. The van der Waals surface area contributed by atoms with Crippen LogP contribution < -0.4 is 0 Å². The Balaban J connectivity index is 1.35. The summed E-state index contributed by atoms with van der Waals surface area (Å²) in [5.41, 5.74) is 4.49. The van der Waals surface area contributed by atoms with Gasteiger partial charge in [0.15, 0.2) is 0 Å². The van der Waals surface area contributed by atoms with Crippen LogP contribution in [0.4, 0.5) is 0 Å². The molecule has 2 aromatic heterocycles. The molecule has 2 aliphatic rings. The minimum atomic E-state index is -0.142. The Morgan fingerprint density at radius 3 is 2.97 bits per heavy atom. The molecule has 3 heterocycles. The quantitative estimate of drug-likeness (QED) is 0.812. The lowest BCUT2D eigenvalue weighted by Gasteiger charge is -2.33. The van der Waals surface area contributed by atoms with Gasteiger partial charge in [-0.3, -0.25) is 19.7 Å². The van der Waals surface area contributed by atoms with E-state index in [0.29, 0.717) is 38.9 Å². The first-order valence-electron chi connectivity index (χ1n) is 10.6. The Morgan fingerprint density at radius 2 is 2.14 bits per heavy atom. The third kappa shape index (κ3) is 4.49. The van der Waals surface area contributed by atoms with E-state index in [0.717, 1.165) is 24.2 Å². The monoisotopic (exact) mass is 395 g/mol. The van der Waals surface area contributed by atoms with Crippen molar-refractivity contribution >= 4 is 11.8 Å². The lowest BCUT2D eigenvalue weighted by Crippen LogP contribution is -2.46. The van der Waals surface area contributed by atoms with E-state index in [1.54, 1.807) is 11.1 Å². The van der Waals surface area contributed by atoms with Gasteiger partial charge in [-0.15, -0.1) is 0 Å². The van der Waals surface area contributed by atoms with Gasteiger partial charge in [-0.1, -0.05) is 6.07 Å². The molecule has 1 N–H and O–H groups in total. The number of nitrogens with one attached hydrogen (secondary N) is 1. The fourth-order valence-electron chi connectivity index (χ4n) is 4.42. The molecule has 4 rings (SSSR count). The van der Waals surface area contributed by atoms with Crippen molar-refractivity contribution in [1.29, 1.82) is 0 Å². The summed E-state index contributed by atoms with van der Waals surface area (Å²) in [5, 5.41) is 7.61. The molecule has 1 atom stereocenters. The van der Waals surface area contributed by atoms with Crippen LogP contribution in [0, 0.1) is 5.92 Å². The minimum absolute atomic E-state index is 0.105. The van der Waals surface area contributed by atoms with Gasteiger partial charge in [0, 0.05) is 50.6 Å². The number of hydrogen-bond donors (Lipinski definition) is 1. The Labute approximate surface area is 171 Å². The molecule has 0 bridgehead atoms. The summed E-state index contributed by atoms with van der Waals surface area (Å²) in [5.74, 6) is 0.0955. The number of rotatable bonds is 6. The zero-order valence-corrected chi connectivity index (χ0v) is 17.1. The lowest BCUT2D eigenvalue weighted by molar-refractivity contribution is -0.142. The standard InChI is InChI=1S/C22H29N5O2/c1-26(15-20-18-7-2-3-8-19(18)24-25-20)22(29)16-9-10-21(28)27(14-16)13-11-17-6-4-5-12-23-17/h4-6,12,16H,2-3,7-11,13-15H2,1H3,(H,24,25). The first-order chi connectivity index (χ1) is 14.1. The summed E-state index contributed by atoms with van der Waals surface area (Å²) >= 11 is 0. The van der Waals surface area contributed by atoms with Gasteiger partial charge < -0.3 is 9.80 Å². The van der Waals surface area contributed by atoms with Gasteiger partial charge in [-0.25, -0.2) is 0 Å². The third-order valence-corrected chi connectivity index (χ3v) is 6.12. The molecule has 1 aliphatic carbocycles. The Bertz CT molecular complexity index is 863. The molecule has 7 heteroatoms. The zero-order chi connectivity index (χ0) is 20.2. The molecule has 0 radical (unpaired) electrons. The number of nitrogens with zero attached hydrogens (tertiary/aromatic N) is 4. The van der Waals surface area contributed by atoms with E-state index in [1.807, 2.05) is 30.1 Å². The Hall–Kier alpha value is -2.70. The maximum absolute atomic E-state index is 13.1. The number of fused-ring (bicyclic) bond motifs is 1. The number of carbonyl (C=O) groups excluding carboxylic acids is 2. The number of piperidine rings is 1. The normalized spacial score (nSPS) is 19.1. The van der Waals surface area contributed by atoms with Crippen LogP contribution in [0.15, 0.2) is 24.4 Å². The number of aryl methyl sites for hydroxylation is 1. The molecule has 29 heavy (non-hydrogen) atoms. The molecule has 1 aliphatic heterocycles. The van der Waals surface area contributed by atoms with Gasteiger partial charge >= 0.3 is 0 Å². The first-order valence-corrected chi connectivity index (χ1v) is 10.6. The number of amides is 2. The molecule has 0 aromatic carbocycles. The van der Waals surface area contributed by atoms with Crippen molar-refractivity contribution in [3.05, 3.63) is 47.0 Å². The van der Waals surface area contributed by atoms with Crippen LogP contribution in [0.3, 0.4) is 0 Å². The summed E-state index contributed by atoms with van der Waals surface area (Å²) in [6.45, 7) is 1.63. The topological polar surface area (TPSA) is 82.2 Å². The number of aromatic amines is 1. The highest BCUT2D eigenvalue weighted by atomic mass is 16.2. The van der Waals surface area contributed by atoms with E-state index in [1.165, 1.54) is 24.1 Å². The van der Waals surface area contributed by atoms with Crippen molar-refractivity contribution in [3.8, 4) is 0 Å². The largest absolute Gasteiger partial charge is 0.342 e. The van der Waals surface area contributed by atoms with Crippen LogP contribution in [0.1, 0.15) is 48.3 Å². The second kappa shape index (κ2) is 8.76. The van der Waals surface area contributed by atoms with Crippen LogP contribution in [0.5, 0.6) is 0 Å². The van der Waals surface area contributed by atoms with Crippen LogP contribution in [0.2, 0.25) is 0 Å². The van der Waals surface area contributed by atoms with Gasteiger partial charge in [-0.2, -0.15) is 5.10 Å². The fourth-order valence-corrected chi connectivity index (χ4v) is 4.42. The molecular weight excluding hydrogens is 366 g/mol. The maximum atomic E-state index is 13.1. The lowest BCUT2D eigenvalue weighted by atomic mass is 9.94. The Kier molecular flexibility index (Phi) is 5.92. The maximum Gasteiger partial charge on any atom is 0.227 e. The number of likely N-dealkylation sites (tertiary alicyclic amines) is 1. The second-order valence-corrected chi connectivity index (χ2v) is 8.18. The average molecular weight is 396 g/mol. The van der Waals surface area contributed by atoms with Gasteiger partial charge in [0.25, 0.3) is 0 Å². The number of aromatic nitrogens is 3. The van der Waals surface area contributed by atoms with Crippen molar-refractivity contribution in [1.82, 2.24) is 25.0 Å². The summed E-state index contributed by atoms with van der Waals surface area (Å²) in [6, 6.07) is 5.81. The molecule has 7 nitrogen and oxygen atoms in total. The van der Waals surface area contributed by atoms with Crippen LogP contribution >= 0.6 is 0 Å². The van der Waals surface area contributed by atoms with E-state index in [-0.39, 0.29) is 17.7 Å². The van der Waals surface area contributed by atoms with Crippen molar-refractivity contribution in [2.45, 2.75) is 51.5 Å². The van der Waals surface area contributed by atoms with Gasteiger partial charge in [-0.05, 0) is 49.8 Å². The van der Waals surface area contributed by atoms with Crippen molar-refractivity contribution in [2.24, 2.45) is 5.92 Å². The van der Waals surface area contributed by atoms with Gasteiger partial charge in [0.1, 0.15) is 0 Å². The highest BCUT2D eigenvalue weighted by Crippen LogP contribution is 2.24. The summed E-state index contributed by atoms with van der Waals surface area (Å²) in [7, 11) is 1.85. The van der Waals surface area contributed by atoms with E-state index < -0.39 is 0 Å². The molecule has 1 fully saturated rings. The number of H-pyrrole nitrogens is 1. The van der Waals surface area contributed by atoms with Crippen LogP contribution in [-0.4, -0.2) is 56.9 Å². The van der Waals surface area contributed by atoms with Gasteiger partial charge in [0.2, 0.25) is 11.8 Å². The van der Waals surface area contributed by atoms with Crippen molar-refractivity contribution < 1.29 is 9.59 Å². The summed E-state index contributed by atoms with van der Waals surface area (Å²) < 4.78 is 0. The van der Waals surface area contributed by atoms with Crippen LogP contribution in [-0.2, 0) is 35.4 Å². The zero-order valence-electron chi connectivity index (χ0n) is 17.1. The average Bonchev–Trinajstić information content (AvgIpc) is 3.16. The fraction of sp³-hybridized carbons (Fsp3) is 0.545. The summed E-state index contributed by atoms with van der Waals surface area (Å²) in [6.07, 6.45) is 8.02. The van der Waals surface area contributed by atoms with Crippen LogP contribution in [0.25, 0.3) is 0 Å². The van der Waals surface area contributed by atoms with Crippen molar-refractivity contribution in [3.63, 3.8) is 0 Å². The molecule has 2 aromatic rings. The Morgan fingerprint density at radius 1 is 1.28 bits per heavy atom. The molecule has 1 unspecified atom stereocenters. The molecule has 1 saturated heterocycles. The first kappa shape index (κ1) is 19.6. The van der Waals surface area contributed by atoms with E-state index in [4.69, 9.17) is 0 Å². The van der Waals surface area contributed by atoms with E-state index >= 15 is 0 Å². The molecule has 154 valence electrons. The second-order valence-electron chi connectivity index (χ2n) is 8.18. The SMILES string of the molecule is CN(Cc1n[nH]c2c1CCCC2)C(=O)C1CCC(=O)N(CCc2ccccn2)C1. The predicted molar refractivity (Wildman–Crippen MR) is 109 cm³/mol. The van der Waals surface area contributed by atoms with Gasteiger partial charge in [0.05, 0.1) is 18.2 Å².